The van der Waals surface area contributed by atoms with Crippen LogP contribution in [0.3, 0.4) is 0 Å². The number of halogens is 4. The van der Waals surface area contributed by atoms with Crippen LogP contribution in [0.1, 0.15) is 5.69 Å². The number of alkyl halides is 3. The fourth-order valence-electron chi connectivity index (χ4n) is 1.27. The molecule has 0 N–H and O–H groups in total. The fourth-order valence-corrected chi connectivity index (χ4v) is 2.19. The molecule has 0 saturated carbocycles. The van der Waals surface area contributed by atoms with E-state index in [-0.39, 0.29) is 0 Å². The van der Waals surface area contributed by atoms with Gasteiger partial charge in [-0.15, -0.1) is 0 Å². The molecule has 0 atom stereocenters. The first kappa shape index (κ1) is 10.7. The van der Waals surface area contributed by atoms with Gasteiger partial charge in [0.1, 0.15) is 14.9 Å². The third-order valence-corrected chi connectivity index (χ3v) is 2.70. The fraction of sp³-hybridized carbons (Fsp3) is 0.250. The molecule has 7 heteroatoms. The van der Waals surface area contributed by atoms with E-state index in [0.717, 1.165) is 6.07 Å². The molecule has 0 aliphatic heterocycles. The molecule has 0 saturated heterocycles. The summed E-state index contributed by atoms with van der Waals surface area (Å²) in [5, 5.41) is 0. The Balaban J connectivity index is 2.74. The molecule has 2 aromatic heterocycles. The van der Waals surface area contributed by atoms with Gasteiger partial charge in [-0.25, -0.2) is 9.97 Å². The van der Waals surface area contributed by atoms with Gasteiger partial charge in [-0.1, -0.05) is 0 Å². The Morgan fingerprint density at radius 1 is 1.40 bits per heavy atom. The number of hydrogen-bond acceptors (Lipinski definition) is 2. The van der Waals surface area contributed by atoms with Crippen molar-refractivity contribution >= 4 is 33.6 Å². The zero-order chi connectivity index (χ0) is 11.2. The van der Waals surface area contributed by atoms with Gasteiger partial charge >= 0.3 is 6.18 Å². The Bertz CT molecular complexity index is 518. The molecular weight excluding hydrogens is 322 g/mol. The Morgan fingerprint density at radius 2 is 2.07 bits per heavy atom. The van der Waals surface area contributed by atoms with Crippen LogP contribution >= 0.6 is 22.6 Å². The molecule has 0 amide bonds. The topological polar surface area (TPSA) is 30.7 Å². The number of aromatic nitrogens is 3. The number of hydrogen-bond donors (Lipinski definition) is 0. The summed E-state index contributed by atoms with van der Waals surface area (Å²) in [7, 11) is 1.71. The van der Waals surface area contributed by atoms with Gasteiger partial charge in [0.25, 0.3) is 0 Å². The molecule has 15 heavy (non-hydrogen) atoms. The van der Waals surface area contributed by atoms with Crippen LogP contribution in [0.15, 0.2) is 12.4 Å². The lowest BCUT2D eigenvalue weighted by Crippen LogP contribution is -2.09. The summed E-state index contributed by atoms with van der Waals surface area (Å²) in [5.74, 6) is 0. The molecule has 2 rings (SSSR count). The highest BCUT2D eigenvalue weighted by Crippen LogP contribution is 2.30. The monoisotopic (exact) mass is 327 g/mol. The minimum Gasteiger partial charge on any atom is -0.332 e. The Morgan fingerprint density at radius 3 is 2.67 bits per heavy atom. The summed E-state index contributed by atoms with van der Waals surface area (Å²) in [6.45, 7) is 0. The Labute approximate surface area is 96.5 Å². The van der Waals surface area contributed by atoms with Gasteiger partial charge in [-0.05, 0) is 28.7 Å². The van der Waals surface area contributed by atoms with Crippen molar-refractivity contribution in [2.45, 2.75) is 6.18 Å². The summed E-state index contributed by atoms with van der Waals surface area (Å²) in [4.78, 5) is 7.38. The summed E-state index contributed by atoms with van der Waals surface area (Å²) >= 11 is 1.77. The van der Waals surface area contributed by atoms with E-state index < -0.39 is 11.9 Å². The Kier molecular flexibility index (Phi) is 2.36. The van der Waals surface area contributed by atoms with Crippen molar-refractivity contribution in [3.63, 3.8) is 0 Å². The van der Waals surface area contributed by atoms with E-state index in [1.54, 1.807) is 34.2 Å². The van der Waals surface area contributed by atoms with Crippen LogP contribution < -0.4 is 0 Å². The highest BCUT2D eigenvalue weighted by atomic mass is 127. The first-order valence-electron chi connectivity index (χ1n) is 3.94. The molecule has 80 valence electrons. The van der Waals surface area contributed by atoms with Crippen LogP contribution in [0.25, 0.3) is 11.0 Å². The van der Waals surface area contributed by atoms with E-state index in [1.165, 1.54) is 6.33 Å². The standard InChI is InChI=1S/C8H5F3IN3/c1-15-3-13-4-2-5(8(9,10)11)14-7(12)6(4)15/h2-3H,1H3. The molecule has 0 spiro atoms. The van der Waals surface area contributed by atoms with Crippen molar-refractivity contribution in [1.29, 1.82) is 0 Å². The lowest BCUT2D eigenvalue weighted by atomic mass is 10.3. The number of nitrogens with zero attached hydrogens (tertiary/aromatic N) is 3. The molecule has 0 aliphatic carbocycles. The van der Waals surface area contributed by atoms with Crippen LogP contribution in [0, 0.1) is 3.70 Å². The van der Waals surface area contributed by atoms with Gasteiger partial charge in [0.05, 0.1) is 11.8 Å². The third-order valence-electron chi connectivity index (χ3n) is 1.94. The molecule has 0 bridgehead atoms. The number of pyridine rings is 1. The second kappa shape index (κ2) is 3.32. The maximum absolute atomic E-state index is 12.4. The molecule has 0 radical (unpaired) electrons. The normalized spacial score (nSPS) is 12.3. The average Bonchev–Trinajstić information content (AvgIpc) is 2.46. The van der Waals surface area contributed by atoms with Crippen LogP contribution in [0.5, 0.6) is 0 Å². The van der Waals surface area contributed by atoms with Crippen molar-refractivity contribution in [1.82, 2.24) is 14.5 Å². The molecule has 0 aromatic carbocycles. The largest absolute Gasteiger partial charge is 0.433 e. The van der Waals surface area contributed by atoms with Gasteiger partial charge in [-0.2, -0.15) is 13.2 Å². The Hall–Kier alpha value is -0.860. The number of imidazole rings is 1. The summed E-state index contributed by atoms with van der Waals surface area (Å²) in [6, 6.07) is 0.956. The third kappa shape index (κ3) is 1.80. The predicted molar refractivity (Wildman–Crippen MR) is 56.2 cm³/mol. The quantitative estimate of drug-likeness (QED) is 0.550. The van der Waals surface area contributed by atoms with E-state index in [2.05, 4.69) is 9.97 Å². The van der Waals surface area contributed by atoms with Crippen molar-refractivity contribution in [3.8, 4) is 0 Å². The maximum Gasteiger partial charge on any atom is 0.433 e. The number of rotatable bonds is 0. The first-order chi connectivity index (χ1) is 6.89. The average molecular weight is 327 g/mol. The predicted octanol–water partition coefficient (Wildman–Crippen LogP) is 2.59. The van der Waals surface area contributed by atoms with E-state index in [0.29, 0.717) is 14.7 Å². The van der Waals surface area contributed by atoms with E-state index in [4.69, 9.17) is 0 Å². The maximum atomic E-state index is 12.4. The number of aryl methyl sites for hydroxylation is 1. The van der Waals surface area contributed by atoms with Crippen molar-refractivity contribution in [2.75, 3.05) is 0 Å². The zero-order valence-electron chi connectivity index (χ0n) is 7.51. The van der Waals surface area contributed by atoms with Gasteiger partial charge in [-0.3, -0.25) is 0 Å². The number of fused-ring (bicyclic) bond motifs is 1. The second-order valence-electron chi connectivity index (χ2n) is 3.02. The van der Waals surface area contributed by atoms with Crippen LogP contribution in [0.4, 0.5) is 13.2 Å². The smallest absolute Gasteiger partial charge is 0.332 e. The zero-order valence-corrected chi connectivity index (χ0v) is 9.67. The molecule has 3 nitrogen and oxygen atoms in total. The second-order valence-corrected chi connectivity index (χ2v) is 4.04. The molecule has 2 heterocycles. The van der Waals surface area contributed by atoms with E-state index >= 15 is 0 Å². The van der Waals surface area contributed by atoms with Gasteiger partial charge in [0.15, 0.2) is 0 Å². The van der Waals surface area contributed by atoms with Crippen molar-refractivity contribution < 1.29 is 13.2 Å². The van der Waals surface area contributed by atoms with Gasteiger partial charge < -0.3 is 4.57 Å². The summed E-state index contributed by atoms with van der Waals surface area (Å²) in [6.07, 6.45) is -2.96. The highest BCUT2D eigenvalue weighted by Gasteiger charge is 2.33. The molecule has 0 unspecified atom stereocenters. The summed E-state index contributed by atoms with van der Waals surface area (Å²) < 4.78 is 39.2. The minimum atomic E-state index is -4.42. The SMILES string of the molecule is Cn1cnc2cc(C(F)(F)F)nc(I)c21. The lowest BCUT2D eigenvalue weighted by molar-refractivity contribution is -0.141. The highest BCUT2D eigenvalue weighted by molar-refractivity contribution is 14.1. The van der Waals surface area contributed by atoms with Crippen LogP contribution in [-0.2, 0) is 13.2 Å². The lowest BCUT2D eigenvalue weighted by Gasteiger charge is -2.06. The minimum absolute atomic E-state index is 0.303. The van der Waals surface area contributed by atoms with Crippen molar-refractivity contribution in [3.05, 3.63) is 21.8 Å². The van der Waals surface area contributed by atoms with E-state index in [9.17, 15) is 13.2 Å². The van der Waals surface area contributed by atoms with Gasteiger partial charge in [0, 0.05) is 7.05 Å². The van der Waals surface area contributed by atoms with Crippen LogP contribution in [-0.4, -0.2) is 14.5 Å². The summed E-state index contributed by atoms with van der Waals surface area (Å²) in [5.41, 5.74) is 0.0194. The molecule has 0 aliphatic rings. The van der Waals surface area contributed by atoms with Crippen LogP contribution in [0.2, 0.25) is 0 Å². The molecule has 0 fully saturated rings. The molecule has 2 aromatic rings. The van der Waals surface area contributed by atoms with Gasteiger partial charge in [0.2, 0.25) is 0 Å². The first-order valence-corrected chi connectivity index (χ1v) is 5.02. The van der Waals surface area contributed by atoms with Crippen molar-refractivity contribution in [2.24, 2.45) is 7.05 Å². The van der Waals surface area contributed by atoms with E-state index in [1.807, 2.05) is 0 Å². The molecular formula is C8H5F3IN3.